The van der Waals surface area contributed by atoms with Gasteiger partial charge in [0.2, 0.25) is 11.8 Å². The Morgan fingerprint density at radius 1 is 1.00 bits per heavy atom. The molecule has 2 heterocycles. The second-order valence-corrected chi connectivity index (χ2v) is 13.0. The number of fused-ring (bicyclic) bond motifs is 14. The number of amides is 4. The number of ether oxygens (including phenoxy) is 1. The number of nitrogens with zero attached hydrogens (tertiary/aromatic N) is 1. The predicted molar refractivity (Wildman–Crippen MR) is 168 cm³/mol. The third-order valence-electron chi connectivity index (χ3n) is 8.34. The van der Waals surface area contributed by atoms with Crippen LogP contribution in [0.2, 0.25) is 0 Å². The van der Waals surface area contributed by atoms with Gasteiger partial charge in [-0.2, -0.15) is 0 Å². The molecule has 0 radical (unpaired) electrons. The molecule has 0 unspecified atom stereocenters. The van der Waals surface area contributed by atoms with Crippen molar-refractivity contribution in [3.05, 3.63) is 29.8 Å². The number of nitrogens with one attached hydrogen (secondary N) is 4. The summed E-state index contributed by atoms with van der Waals surface area (Å²) in [5, 5.41) is 22.4. The Kier molecular flexibility index (Phi) is 14.6. The number of benzene rings is 1. The lowest BCUT2D eigenvalue weighted by molar-refractivity contribution is -0.131. The lowest BCUT2D eigenvalue weighted by Gasteiger charge is -2.33. The van der Waals surface area contributed by atoms with Crippen LogP contribution >= 0.6 is 0 Å². The molecule has 1 fully saturated rings. The first-order valence-corrected chi connectivity index (χ1v) is 16.4. The van der Waals surface area contributed by atoms with E-state index in [1.807, 2.05) is 38.1 Å². The van der Waals surface area contributed by atoms with Crippen LogP contribution < -0.4 is 26.1 Å². The van der Waals surface area contributed by atoms with Gasteiger partial charge >= 0.3 is 6.03 Å². The molecule has 3 aliphatic rings. The lowest BCUT2D eigenvalue weighted by Crippen LogP contribution is -2.58. The molecule has 1 aromatic carbocycles. The molecule has 4 amide bonds. The highest BCUT2D eigenvalue weighted by Crippen LogP contribution is 2.18. The summed E-state index contributed by atoms with van der Waals surface area (Å²) < 4.78 is 5.87. The monoisotopic (exact) mass is 601 g/mol. The Hall–Kier alpha value is -2.85. The van der Waals surface area contributed by atoms with Gasteiger partial charge in [-0.05, 0) is 74.5 Å². The minimum Gasteiger partial charge on any atom is -0.494 e. The van der Waals surface area contributed by atoms with E-state index < -0.39 is 18.2 Å². The van der Waals surface area contributed by atoms with Crippen LogP contribution in [0.4, 0.5) is 4.79 Å². The first-order chi connectivity index (χ1) is 20.6. The Balaban J connectivity index is 1.78. The molecule has 1 aliphatic carbocycles. The molecule has 242 valence electrons. The molecule has 3 atom stereocenters. The molecule has 4 rings (SSSR count). The quantitative estimate of drug-likeness (QED) is 0.271. The summed E-state index contributed by atoms with van der Waals surface area (Å²) in [7, 11) is 0. The number of carbonyl (C=O) groups excluding carboxylic acids is 3. The minimum atomic E-state index is -0.993. The summed E-state index contributed by atoms with van der Waals surface area (Å²) in [4.78, 5) is 39.2. The van der Waals surface area contributed by atoms with Gasteiger partial charge in [0.25, 0.3) is 0 Å². The Bertz CT molecular complexity index is 996. The normalized spacial score (nSPS) is 22.0. The minimum absolute atomic E-state index is 0.135. The van der Waals surface area contributed by atoms with E-state index in [-0.39, 0.29) is 36.3 Å². The van der Waals surface area contributed by atoms with E-state index in [1.54, 1.807) is 5.01 Å². The van der Waals surface area contributed by atoms with Crippen LogP contribution in [0.3, 0.4) is 0 Å². The molecule has 43 heavy (non-hydrogen) atoms. The summed E-state index contributed by atoms with van der Waals surface area (Å²) in [5.41, 5.74) is 3.90. The maximum atomic E-state index is 13.6. The summed E-state index contributed by atoms with van der Waals surface area (Å²) in [6.07, 6.45) is 8.38. The number of rotatable bonds is 9. The molecule has 1 aromatic rings. The number of carbonyl (C=O) groups is 3. The first kappa shape index (κ1) is 34.6. The van der Waals surface area contributed by atoms with Gasteiger partial charge in [-0.15, -0.1) is 0 Å². The fraction of sp³-hybridized carbons (Fsp3) is 0.727. The van der Waals surface area contributed by atoms with Gasteiger partial charge in [-0.1, -0.05) is 59.1 Å². The van der Waals surface area contributed by atoms with Crippen LogP contribution in [0.5, 0.6) is 5.75 Å². The van der Waals surface area contributed by atoms with E-state index >= 15 is 0 Å². The van der Waals surface area contributed by atoms with Crippen molar-refractivity contribution in [3.63, 3.8) is 0 Å². The van der Waals surface area contributed by atoms with E-state index in [0.717, 1.165) is 62.7 Å². The van der Waals surface area contributed by atoms with Crippen LogP contribution in [-0.2, 0) is 16.0 Å². The summed E-state index contributed by atoms with van der Waals surface area (Å²) >= 11 is 0. The Morgan fingerprint density at radius 2 is 1.70 bits per heavy atom. The van der Waals surface area contributed by atoms with Crippen LogP contribution in [0.15, 0.2) is 24.3 Å². The second kappa shape index (κ2) is 18.1. The second-order valence-electron chi connectivity index (χ2n) is 13.0. The topological polar surface area (TPSA) is 132 Å². The van der Waals surface area contributed by atoms with Crippen LogP contribution in [-0.4, -0.2) is 71.9 Å². The van der Waals surface area contributed by atoms with E-state index in [2.05, 4.69) is 35.2 Å². The van der Waals surface area contributed by atoms with Crippen molar-refractivity contribution in [2.75, 3.05) is 19.7 Å². The summed E-state index contributed by atoms with van der Waals surface area (Å²) in [5.74, 6) is 0.555. The standard InChI is InChI=1S/C33H55N5O5/c1-23(2)18-19-38(37-33(42)34-26-11-7-5-8-12-26)22-29(39)28-21-25-14-16-27(17-15-25)43-20-10-6-9-13-30(40)36-31(24(3)4)32(41)35-28/h14-17,23-24,26,28-29,31,39H,5-13,18-22H2,1-4H3,(H,35,41)(H,36,40)(H2,34,37,42)/t28-,29+,31-/m0/s1. The third kappa shape index (κ3) is 12.7. The lowest BCUT2D eigenvalue weighted by atomic mass is 9.96. The largest absolute Gasteiger partial charge is 0.494 e. The maximum absolute atomic E-state index is 13.6. The van der Waals surface area contributed by atoms with E-state index in [0.29, 0.717) is 31.9 Å². The zero-order valence-electron chi connectivity index (χ0n) is 26.7. The summed E-state index contributed by atoms with van der Waals surface area (Å²) in [6, 6.07) is 6.25. The van der Waals surface area contributed by atoms with Gasteiger partial charge in [0.05, 0.1) is 18.8 Å². The van der Waals surface area contributed by atoms with Crippen LogP contribution in [0, 0.1) is 11.8 Å². The van der Waals surface area contributed by atoms with Crippen molar-refractivity contribution in [3.8, 4) is 5.75 Å². The van der Waals surface area contributed by atoms with Gasteiger partial charge in [0.1, 0.15) is 11.8 Å². The molecular formula is C33H55N5O5. The zero-order chi connectivity index (χ0) is 31.2. The predicted octanol–water partition coefficient (Wildman–Crippen LogP) is 4.06. The SMILES string of the molecule is CC(C)CCN(C[C@@H](O)[C@@H]1Cc2ccc(cc2)OCCCCCC(=O)N[C@@H](C(C)C)C(=O)N1)NC(=O)NC1CCCCC1. The van der Waals surface area contributed by atoms with Gasteiger partial charge in [0.15, 0.2) is 0 Å². The number of hydrogen-bond donors (Lipinski definition) is 5. The van der Waals surface area contributed by atoms with E-state index in [1.165, 1.54) is 6.42 Å². The van der Waals surface area contributed by atoms with Crippen molar-refractivity contribution in [1.82, 2.24) is 26.4 Å². The van der Waals surface area contributed by atoms with E-state index in [9.17, 15) is 19.5 Å². The fourth-order valence-corrected chi connectivity index (χ4v) is 5.63. The number of urea groups is 1. The molecule has 10 nitrogen and oxygen atoms in total. The molecule has 2 aliphatic heterocycles. The summed E-state index contributed by atoms with van der Waals surface area (Å²) in [6.45, 7) is 9.31. The van der Waals surface area contributed by atoms with Crippen molar-refractivity contribution < 1.29 is 24.2 Å². The molecule has 0 saturated heterocycles. The van der Waals surface area contributed by atoms with E-state index in [4.69, 9.17) is 4.74 Å². The molecular weight excluding hydrogens is 546 g/mol. The highest BCUT2D eigenvalue weighted by molar-refractivity contribution is 5.88. The number of hydrazine groups is 1. The van der Waals surface area contributed by atoms with Gasteiger partial charge in [-0.25, -0.2) is 9.80 Å². The highest BCUT2D eigenvalue weighted by Gasteiger charge is 2.30. The van der Waals surface area contributed by atoms with Crippen molar-refractivity contribution >= 4 is 17.8 Å². The van der Waals surface area contributed by atoms with Crippen LogP contribution in [0.25, 0.3) is 0 Å². The van der Waals surface area contributed by atoms with Crippen molar-refractivity contribution in [2.24, 2.45) is 11.8 Å². The van der Waals surface area contributed by atoms with Crippen molar-refractivity contribution in [1.29, 1.82) is 0 Å². The maximum Gasteiger partial charge on any atom is 0.329 e. The average Bonchev–Trinajstić information content (AvgIpc) is 2.96. The molecule has 0 spiro atoms. The molecule has 1 saturated carbocycles. The molecule has 0 aromatic heterocycles. The van der Waals surface area contributed by atoms with Crippen LogP contribution in [0.1, 0.15) is 97.5 Å². The smallest absolute Gasteiger partial charge is 0.329 e. The number of aliphatic hydroxyl groups excluding tert-OH is 1. The average molecular weight is 602 g/mol. The highest BCUT2D eigenvalue weighted by atomic mass is 16.5. The zero-order valence-corrected chi connectivity index (χ0v) is 26.7. The van der Waals surface area contributed by atoms with Gasteiger partial charge < -0.3 is 25.8 Å². The Labute approximate surface area is 258 Å². The fourth-order valence-electron chi connectivity index (χ4n) is 5.63. The molecule has 2 bridgehead atoms. The van der Waals surface area contributed by atoms with Gasteiger partial charge in [-0.3, -0.25) is 15.0 Å². The molecule has 10 heteroatoms. The number of aliphatic hydroxyl groups is 1. The molecule has 5 N–H and O–H groups in total. The van der Waals surface area contributed by atoms with Crippen molar-refractivity contribution in [2.45, 2.75) is 123 Å². The van der Waals surface area contributed by atoms with Gasteiger partial charge in [0, 0.05) is 25.6 Å². The third-order valence-corrected chi connectivity index (χ3v) is 8.34. The Morgan fingerprint density at radius 3 is 2.37 bits per heavy atom. The first-order valence-electron chi connectivity index (χ1n) is 16.4. The number of hydrogen-bond acceptors (Lipinski definition) is 6.